The van der Waals surface area contributed by atoms with Gasteiger partial charge in [0, 0.05) is 23.0 Å². The number of hydrogen-bond donors (Lipinski definition) is 3. The number of benzene rings is 2. The lowest BCUT2D eigenvalue weighted by atomic mass is 10.1. The number of phenols is 1. The largest absolute Gasteiger partial charge is 0.508 e. The molecule has 0 fully saturated rings. The number of fused-ring (bicyclic) bond motifs is 1. The first-order valence-electron chi connectivity index (χ1n) is 6.38. The van der Waals surface area contributed by atoms with Crippen LogP contribution in [0.15, 0.2) is 54.7 Å². The molecule has 0 aliphatic heterocycles. The number of pyridine rings is 1. The van der Waals surface area contributed by atoms with Gasteiger partial charge in [-0.1, -0.05) is 6.07 Å². The molecule has 104 valence electrons. The highest BCUT2D eigenvalue weighted by Crippen LogP contribution is 2.21. The molecule has 3 rings (SSSR count). The molecule has 0 saturated carbocycles. The van der Waals surface area contributed by atoms with Crippen LogP contribution in [-0.2, 0) is 0 Å². The second-order valence-corrected chi connectivity index (χ2v) is 4.64. The fourth-order valence-electron chi connectivity index (χ4n) is 2.09. The van der Waals surface area contributed by atoms with Gasteiger partial charge in [0.05, 0.1) is 11.1 Å². The molecule has 0 atom stereocenters. The van der Waals surface area contributed by atoms with Crippen molar-refractivity contribution in [1.29, 1.82) is 0 Å². The topological polar surface area (TPSA) is 88.2 Å². The maximum atomic E-state index is 12.2. The van der Waals surface area contributed by atoms with E-state index in [2.05, 4.69) is 10.3 Å². The molecule has 2 aromatic carbocycles. The molecule has 4 N–H and O–H groups in total. The van der Waals surface area contributed by atoms with Crippen LogP contribution in [0.3, 0.4) is 0 Å². The lowest BCUT2D eigenvalue weighted by Crippen LogP contribution is -2.13. The van der Waals surface area contributed by atoms with Crippen molar-refractivity contribution in [2.24, 2.45) is 0 Å². The summed E-state index contributed by atoms with van der Waals surface area (Å²) in [6.45, 7) is 0. The van der Waals surface area contributed by atoms with Crippen LogP contribution in [0.5, 0.6) is 5.75 Å². The van der Waals surface area contributed by atoms with Gasteiger partial charge in [-0.3, -0.25) is 9.78 Å². The zero-order valence-corrected chi connectivity index (χ0v) is 11.1. The van der Waals surface area contributed by atoms with Crippen LogP contribution in [0.4, 0.5) is 11.4 Å². The molecule has 1 aromatic heterocycles. The highest BCUT2D eigenvalue weighted by atomic mass is 16.3. The lowest BCUT2D eigenvalue weighted by Gasteiger charge is -2.08. The number of aromatic nitrogens is 1. The first-order chi connectivity index (χ1) is 10.1. The van der Waals surface area contributed by atoms with E-state index in [1.165, 1.54) is 18.2 Å². The predicted octanol–water partition coefficient (Wildman–Crippen LogP) is 2.77. The van der Waals surface area contributed by atoms with Gasteiger partial charge in [-0.25, -0.2) is 0 Å². The van der Waals surface area contributed by atoms with E-state index in [-0.39, 0.29) is 17.2 Å². The van der Waals surface area contributed by atoms with Gasteiger partial charge in [-0.2, -0.15) is 0 Å². The molecule has 1 amide bonds. The Balaban J connectivity index is 1.90. The normalized spacial score (nSPS) is 10.5. The summed E-state index contributed by atoms with van der Waals surface area (Å²) in [7, 11) is 0. The van der Waals surface area contributed by atoms with Crippen molar-refractivity contribution in [3.63, 3.8) is 0 Å². The maximum Gasteiger partial charge on any atom is 0.257 e. The van der Waals surface area contributed by atoms with Crippen LogP contribution < -0.4 is 11.1 Å². The van der Waals surface area contributed by atoms with Gasteiger partial charge < -0.3 is 16.2 Å². The van der Waals surface area contributed by atoms with Gasteiger partial charge in [-0.15, -0.1) is 0 Å². The van der Waals surface area contributed by atoms with Crippen LogP contribution in [0.2, 0.25) is 0 Å². The van der Waals surface area contributed by atoms with Crippen molar-refractivity contribution in [2.45, 2.75) is 0 Å². The third-order valence-corrected chi connectivity index (χ3v) is 3.14. The average Bonchev–Trinajstić information content (AvgIpc) is 2.49. The smallest absolute Gasteiger partial charge is 0.257 e. The van der Waals surface area contributed by atoms with E-state index in [0.717, 1.165) is 10.9 Å². The number of nitrogens with two attached hydrogens (primary N) is 1. The van der Waals surface area contributed by atoms with E-state index < -0.39 is 0 Å². The summed E-state index contributed by atoms with van der Waals surface area (Å²) in [5.41, 5.74) is 7.80. The maximum absolute atomic E-state index is 12.2. The number of hydrogen-bond acceptors (Lipinski definition) is 4. The summed E-state index contributed by atoms with van der Waals surface area (Å²) in [5.74, 6) is -0.372. The minimum atomic E-state index is -0.369. The standard InChI is InChI=1S/C16H13N3O2/c17-14-5-4-12(20)9-13(14)16(21)19-11-3-6-15-10(8-11)2-1-7-18-15/h1-9,20H,17H2,(H,19,21). The molecule has 0 saturated heterocycles. The van der Waals surface area contributed by atoms with E-state index in [1.54, 1.807) is 12.3 Å². The fourth-order valence-corrected chi connectivity index (χ4v) is 2.09. The average molecular weight is 279 g/mol. The molecule has 3 aromatic rings. The van der Waals surface area contributed by atoms with Gasteiger partial charge in [0.2, 0.25) is 0 Å². The van der Waals surface area contributed by atoms with Crippen LogP contribution >= 0.6 is 0 Å². The Bertz CT molecular complexity index is 831. The Kier molecular flexibility index (Phi) is 3.16. The fraction of sp³-hybridized carbons (Fsp3) is 0. The van der Waals surface area contributed by atoms with Crippen molar-refractivity contribution in [3.8, 4) is 5.75 Å². The van der Waals surface area contributed by atoms with Crippen LogP contribution in [0, 0.1) is 0 Å². The summed E-state index contributed by atoms with van der Waals surface area (Å²) < 4.78 is 0. The molecule has 1 heterocycles. The van der Waals surface area contributed by atoms with E-state index in [0.29, 0.717) is 11.4 Å². The Morgan fingerprint density at radius 2 is 2.00 bits per heavy atom. The van der Waals surface area contributed by atoms with Crippen molar-refractivity contribution in [1.82, 2.24) is 4.98 Å². The Morgan fingerprint density at radius 3 is 2.86 bits per heavy atom. The molecular weight excluding hydrogens is 266 g/mol. The number of nitrogen functional groups attached to an aromatic ring is 1. The van der Waals surface area contributed by atoms with Crippen LogP contribution in [0.25, 0.3) is 10.9 Å². The Labute approximate surface area is 121 Å². The van der Waals surface area contributed by atoms with Gasteiger partial charge in [-0.05, 0) is 42.5 Å². The summed E-state index contributed by atoms with van der Waals surface area (Å²) in [5, 5.41) is 13.1. The number of carbonyl (C=O) groups excluding carboxylic acids is 1. The highest BCUT2D eigenvalue weighted by Gasteiger charge is 2.11. The summed E-state index contributed by atoms with van der Waals surface area (Å²) >= 11 is 0. The molecular formula is C16H13N3O2. The van der Waals surface area contributed by atoms with Crippen molar-refractivity contribution in [3.05, 3.63) is 60.3 Å². The first kappa shape index (κ1) is 12.9. The Hall–Kier alpha value is -3.08. The highest BCUT2D eigenvalue weighted by molar-refractivity contribution is 6.08. The lowest BCUT2D eigenvalue weighted by molar-refractivity contribution is 0.102. The van der Waals surface area contributed by atoms with Crippen molar-refractivity contribution >= 4 is 28.2 Å². The Morgan fingerprint density at radius 1 is 1.14 bits per heavy atom. The molecule has 21 heavy (non-hydrogen) atoms. The second kappa shape index (κ2) is 5.13. The molecule has 0 radical (unpaired) electrons. The molecule has 0 unspecified atom stereocenters. The number of carbonyl (C=O) groups is 1. The number of amides is 1. The minimum Gasteiger partial charge on any atom is -0.508 e. The van der Waals surface area contributed by atoms with Gasteiger partial charge in [0.1, 0.15) is 5.75 Å². The first-order valence-corrected chi connectivity index (χ1v) is 6.38. The van der Waals surface area contributed by atoms with Gasteiger partial charge in [0.25, 0.3) is 5.91 Å². The van der Waals surface area contributed by atoms with E-state index in [1.807, 2.05) is 24.3 Å². The summed E-state index contributed by atoms with van der Waals surface area (Å²) in [6, 6.07) is 13.5. The quantitative estimate of drug-likeness (QED) is 0.497. The molecule has 0 bridgehead atoms. The number of nitrogens with one attached hydrogen (secondary N) is 1. The van der Waals surface area contributed by atoms with E-state index in [9.17, 15) is 9.90 Å². The van der Waals surface area contributed by atoms with Crippen molar-refractivity contribution in [2.75, 3.05) is 11.1 Å². The number of nitrogens with zero attached hydrogens (tertiary/aromatic N) is 1. The molecule has 0 spiro atoms. The molecule has 0 aliphatic carbocycles. The van der Waals surface area contributed by atoms with Gasteiger partial charge in [0.15, 0.2) is 0 Å². The number of anilines is 2. The number of aromatic hydroxyl groups is 1. The third kappa shape index (κ3) is 2.62. The minimum absolute atomic E-state index is 0.00272. The van der Waals surface area contributed by atoms with E-state index >= 15 is 0 Å². The van der Waals surface area contributed by atoms with Crippen LogP contribution in [0.1, 0.15) is 10.4 Å². The zero-order valence-electron chi connectivity index (χ0n) is 11.1. The molecule has 5 nitrogen and oxygen atoms in total. The SMILES string of the molecule is Nc1ccc(O)cc1C(=O)Nc1ccc2ncccc2c1. The number of rotatable bonds is 2. The molecule has 0 aliphatic rings. The zero-order chi connectivity index (χ0) is 14.8. The van der Waals surface area contributed by atoms with Crippen molar-refractivity contribution < 1.29 is 9.90 Å². The monoisotopic (exact) mass is 279 g/mol. The number of phenolic OH excluding ortho intramolecular Hbond substituents is 1. The summed E-state index contributed by atoms with van der Waals surface area (Å²) in [4.78, 5) is 16.4. The predicted molar refractivity (Wildman–Crippen MR) is 82.2 cm³/mol. The molecule has 5 heteroatoms. The van der Waals surface area contributed by atoms with Gasteiger partial charge >= 0.3 is 0 Å². The van der Waals surface area contributed by atoms with Crippen LogP contribution in [-0.4, -0.2) is 16.0 Å². The summed E-state index contributed by atoms with van der Waals surface area (Å²) in [6.07, 6.45) is 1.72. The third-order valence-electron chi connectivity index (χ3n) is 3.14. The van der Waals surface area contributed by atoms with E-state index in [4.69, 9.17) is 5.73 Å². The second-order valence-electron chi connectivity index (χ2n) is 4.64.